The summed E-state index contributed by atoms with van der Waals surface area (Å²) in [6.45, 7) is 3.54. The van der Waals surface area contributed by atoms with Crippen LogP contribution in [-0.4, -0.2) is 42.0 Å². The predicted octanol–water partition coefficient (Wildman–Crippen LogP) is 3.57. The average molecular weight is 390 g/mol. The highest BCUT2D eigenvalue weighted by atomic mass is 32.2. The first-order valence-corrected chi connectivity index (χ1v) is 9.22. The summed E-state index contributed by atoms with van der Waals surface area (Å²) in [5, 5.41) is 19.3. The molecule has 0 aliphatic rings. The molecule has 3 N–H and O–H groups in total. The molecule has 0 aliphatic carbocycles. The maximum Gasteiger partial charge on any atom is 0.335 e. The van der Waals surface area contributed by atoms with Crippen molar-refractivity contribution >= 4 is 23.7 Å². The molecule has 6 nitrogen and oxygen atoms in total. The number of hydrogen-bond acceptors (Lipinski definition) is 5. The lowest BCUT2D eigenvalue weighted by Crippen LogP contribution is -2.15. The van der Waals surface area contributed by atoms with Crippen molar-refractivity contribution in [1.29, 1.82) is 0 Å². The van der Waals surface area contributed by atoms with Crippen LogP contribution in [0.1, 0.15) is 27.2 Å². The first-order valence-electron chi connectivity index (χ1n) is 8.27. The Labute approximate surface area is 159 Å². The van der Waals surface area contributed by atoms with E-state index in [0.717, 1.165) is 11.6 Å². The van der Waals surface area contributed by atoms with Gasteiger partial charge in [-0.15, -0.1) is 0 Å². The zero-order valence-corrected chi connectivity index (χ0v) is 15.6. The van der Waals surface area contributed by atoms with Gasteiger partial charge in [-0.1, -0.05) is 0 Å². The van der Waals surface area contributed by atoms with Gasteiger partial charge in [0.2, 0.25) is 0 Å². The van der Waals surface area contributed by atoms with Crippen molar-refractivity contribution in [1.82, 2.24) is 9.38 Å². The molecule has 0 amide bonds. The number of aryl methyl sites for hydroxylation is 2. The normalized spacial score (nSPS) is 12.5. The summed E-state index contributed by atoms with van der Waals surface area (Å²) in [6, 6.07) is 6.11. The number of aliphatic hydroxyl groups is 1. The third-order valence-corrected chi connectivity index (χ3v) is 4.88. The lowest BCUT2D eigenvalue weighted by Gasteiger charge is -2.12. The Kier molecular flexibility index (Phi) is 5.50. The summed E-state index contributed by atoms with van der Waals surface area (Å²) in [6.07, 6.45) is 1.11. The molecule has 1 aromatic carbocycles. The number of fused-ring (bicyclic) bond motifs is 1. The monoisotopic (exact) mass is 390 g/mol. The van der Waals surface area contributed by atoms with Crippen LogP contribution in [0.5, 0.6) is 0 Å². The molecule has 0 aliphatic heterocycles. The van der Waals surface area contributed by atoms with Gasteiger partial charge in [0.15, 0.2) is 0 Å². The largest absolute Gasteiger partial charge is 0.478 e. The Morgan fingerprint density at radius 1 is 1.33 bits per heavy atom. The van der Waals surface area contributed by atoms with Gasteiger partial charge in [0.1, 0.15) is 11.5 Å². The van der Waals surface area contributed by atoms with E-state index in [9.17, 15) is 14.3 Å². The second kappa shape index (κ2) is 7.67. The van der Waals surface area contributed by atoms with Gasteiger partial charge >= 0.3 is 5.97 Å². The summed E-state index contributed by atoms with van der Waals surface area (Å²) in [7, 11) is 0. The van der Waals surface area contributed by atoms with Crippen molar-refractivity contribution in [3.63, 3.8) is 0 Å². The minimum absolute atomic E-state index is 0.109. The van der Waals surface area contributed by atoms with Crippen LogP contribution < -0.4 is 0 Å². The topological polar surface area (TPSA) is 95.1 Å². The van der Waals surface area contributed by atoms with Gasteiger partial charge < -0.3 is 19.2 Å². The maximum absolute atomic E-state index is 14.8. The van der Waals surface area contributed by atoms with Crippen LogP contribution in [0.2, 0.25) is 0 Å². The van der Waals surface area contributed by atoms with Gasteiger partial charge in [0, 0.05) is 23.9 Å². The molecular formula is C19H19FN2O4S. The number of halogens is 1. The second-order valence-corrected chi connectivity index (χ2v) is 7.04. The fourth-order valence-corrected chi connectivity index (χ4v) is 3.42. The maximum atomic E-state index is 14.8. The van der Waals surface area contributed by atoms with Gasteiger partial charge in [-0.3, -0.25) is 0 Å². The number of aromatic carboxylic acids is 1. The first-order chi connectivity index (χ1) is 12.8. The van der Waals surface area contributed by atoms with Crippen molar-refractivity contribution in [2.75, 3.05) is 5.75 Å². The molecule has 0 radical (unpaired) electrons. The molecule has 0 bridgehead atoms. The fourth-order valence-electron chi connectivity index (χ4n) is 3.13. The molecule has 0 saturated carbocycles. The number of benzene rings is 1. The Bertz CT molecular complexity index is 995. The molecule has 1 atom stereocenters. The van der Waals surface area contributed by atoms with Crippen LogP contribution in [0.4, 0.5) is 4.39 Å². The second-order valence-electron chi connectivity index (χ2n) is 6.45. The first kappa shape index (κ1) is 19.3. The number of carboxylic acids is 1. The number of imidazole rings is 1. The third-order valence-electron chi connectivity index (χ3n) is 4.35. The Morgan fingerprint density at radius 2 is 2.07 bits per heavy atom. The molecule has 0 fully saturated rings. The number of carboxylic acid groups (broad SMARTS) is 1. The minimum Gasteiger partial charge on any atom is -0.478 e. The lowest BCUT2D eigenvalue weighted by molar-refractivity contribution is 0.0696. The van der Waals surface area contributed by atoms with E-state index in [1.807, 2.05) is 19.1 Å². The van der Waals surface area contributed by atoms with Crippen molar-refractivity contribution in [2.24, 2.45) is 0 Å². The van der Waals surface area contributed by atoms with Crippen molar-refractivity contribution < 1.29 is 24.0 Å². The van der Waals surface area contributed by atoms with Crippen LogP contribution >= 0.6 is 12.0 Å². The van der Waals surface area contributed by atoms with Gasteiger partial charge in [-0.25, -0.2) is 14.2 Å². The molecular weight excluding hydrogens is 371 g/mol. The van der Waals surface area contributed by atoms with Gasteiger partial charge in [0.05, 0.1) is 23.1 Å². The van der Waals surface area contributed by atoms with E-state index in [1.54, 1.807) is 17.5 Å². The van der Waals surface area contributed by atoms with Crippen LogP contribution in [0, 0.1) is 19.7 Å². The van der Waals surface area contributed by atoms with E-state index in [2.05, 4.69) is 4.98 Å². The summed E-state index contributed by atoms with van der Waals surface area (Å²) in [5.41, 5.74) is 3.05. The molecule has 2 aromatic heterocycles. The van der Waals surface area contributed by atoms with E-state index >= 15 is 0 Å². The molecule has 27 heavy (non-hydrogen) atoms. The summed E-state index contributed by atoms with van der Waals surface area (Å²) in [5.74, 6) is -1.78. The Balaban J connectivity index is 2.23. The number of rotatable bonds is 6. The van der Waals surface area contributed by atoms with Crippen LogP contribution in [-0.2, 0) is 6.42 Å². The van der Waals surface area contributed by atoms with E-state index < -0.39 is 17.9 Å². The number of aliphatic hydroxyl groups excluding tert-OH is 1. The highest BCUT2D eigenvalue weighted by Crippen LogP contribution is 2.32. The third kappa shape index (κ3) is 3.83. The number of hydrogen-bond donors (Lipinski definition) is 3. The van der Waals surface area contributed by atoms with Crippen molar-refractivity contribution in [3.05, 3.63) is 58.7 Å². The molecule has 2 heterocycles. The summed E-state index contributed by atoms with van der Waals surface area (Å²) < 4.78 is 25.6. The average Bonchev–Trinajstić information content (AvgIpc) is 2.91. The summed E-state index contributed by atoms with van der Waals surface area (Å²) in [4.78, 5) is 15.7. The molecule has 8 heteroatoms. The molecule has 0 spiro atoms. The van der Waals surface area contributed by atoms with Crippen LogP contribution in [0.3, 0.4) is 0 Å². The quantitative estimate of drug-likeness (QED) is 0.557. The van der Waals surface area contributed by atoms with Crippen molar-refractivity contribution in [2.45, 2.75) is 26.4 Å². The zero-order valence-electron chi connectivity index (χ0n) is 14.8. The number of aromatic nitrogens is 2. The van der Waals surface area contributed by atoms with Gasteiger partial charge in [-0.2, -0.15) is 0 Å². The van der Waals surface area contributed by atoms with Crippen molar-refractivity contribution in [3.8, 4) is 11.3 Å². The van der Waals surface area contributed by atoms with E-state index in [-0.39, 0.29) is 23.3 Å². The molecule has 1 unspecified atom stereocenters. The predicted molar refractivity (Wildman–Crippen MR) is 102 cm³/mol. The number of carbonyl (C=O) groups is 1. The Hall–Kier alpha value is -2.42. The van der Waals surface area contributed by atoms with E-state index in [4.69, 9.17) is 9.66 Å². The highest BCUT2D eigenvalue weighted by molar-refractivity contribution is 7.93. The highest BCUT2D eigenvalue weighted by Gasteiger charge is 2.22. The smallest absolute Gasteiger partial charge is 0.335 e. The standard InChI is InChI=1S/C19H19FN2O4S/c1-10-3-4-22-15(8-13(23)9-27-26)18(21-16(22)5-10)17-11(2)6-12(19(24)25)7-14(17)20/h3-7,13,23,26H,8-9H2,1-2H3,(H,24,25). The van der Waals surface area contributed by atoms with E-state index in [0.29, 0.717) is 34.6 Å². The van der Waals surface area contributed by atoms with Gasteiger partial charge in [0.25, 0.3) is 0 Å². The molecule has 3 rings (SSSR count). The molecule has 3 aromatic rings. The molecule has 0 saturated heterocycles. The minimum atomic E-state index is -1.20. The number of nitrogens with zero attached hydrogens (tertiary/aromatic N) is 2. The van der Waals surface area contributed by atoms with E-state index in [1.165, 1.54) is 6.07 Å². The van der Waals surface area contributed by atoms with Crippen LogP contribution in [0.25, 0.3) is 16.9 Å². The Morgan fingerprint density at radius 3 is 2.70 bits per heavy atom. The van der Waals surface area contributed by atoms with Gasteiger partial charge in [-0.05, 0) is 61.3 Å². The SMILES string of the molecule is Cc1ccn2c(CC(O)CSO)c(-c3c(C)cc(C(=O)O)cc3F)nc2c1. The molecule has 142 valence electrons. The zero-order chi connectivity index (χ0) is 19.7. The number of pyridine rings is 1. The van der Waals surface area contributed by atoms with Crippen LogP contribution in [0.15, 0.2) is 30.5 Å². The lowest BCUT2D eigenvalue weighted by atomic mass is 9.99. The fraction of sp³-hybridized carbons (Fsp3) is 0.263. The summed E-state index contributed by atoms with van der Waals surface area (Å²) >= 11 is 0.534.